The fourth-order valence-corrected chi connectivity index (χ4v) is 1.11. The lowest BCUT2D eigenvalue weighted by Gasteiger charge is -2.00. The van der Waals surface area contributed by atoms with Gasteiger partial charge in [0, 0.05) is 13.5 Å². The molecule has 0 spiro atoms. The van der Waals surface area contributed by atoms with E-state index < -0.39 is 0 Å². The third kappa shape index (κ3) is 2.41. The van der Waals surface area contributed by atoms with E-state index >= 15 is 0 Å². The van der Waals surface area contributed by atoms with Gasteiger partial charge < -0.3 is 4.74 Å². The molecule has 0 heterocycles. The highest BCUT2D eigenvalue weighted by Crippen LogP contribution is 2.06. The van der Waals surface area contributed by atoms with Crippen LogP contribution >= 0.6 is 0 Å². The van der Waals surface area contributed by atoms with Crippen molar-refractivity contribution in [2.24, 2.45) is 0 Å². The first kappa shape index (κ1) is 8.83. The third-order valence-electron chi connectivity index (χ3n) is 1.61. The second kappa shape index (κ2) is 4.58. The molecule has 0 amide bonds. The average molecular weight is 160 g/mol. The summed E-state index contributed by atoms with van der Waals surface area (Å²) in [7, 11) is 1.69. The zero-order valence-corrected chi connectivity index (χ0v) is 7.21. The number of hydrogen-bond acceptors (Lipinski definition) is 1. The van der Waals surface area contributed by atoms with E-state index in [9.17, 15) is 0 Å². The number of ether oxygens (including phenoxy) is 1. The number of rotatable bonds is 3. The molecule has 0 saturated carbocycles. The molecule has 0 radical (unpaired) electrons. The van der Waals surface area contributed by atoms with Gasteiger partial charge >= 0.3 is 0 Å². The summed E-state index contributed by atoms with van der Waals surface area (Å²) in [6.07, 6.45) is 5.90. The zero-order chi connectivity index (χ0) is 8.81. The van der Waals surface area contributed by atoms with Gasteiger partial charge in [0.25, 0.3) is 0 Å². The van der Waals surface area contributed by atoms with Crippen LogP contribution in [0.15, 0.2) is 24.3 Å². The highest BCUT2D eigenvalue weighted by Gasteiger charge is 1.93. The van der Waals surface area contributed by atoms with Gasteiger partial charge in [-0.15, -0.1) is 12.3 Å². The van der Waals surface area contributed by atoms with E-state index in [1.165, 1.54) is 11.1 Å². The molecular formula is C11H12O. The number of hydrogen-bond donors (Lipinski definition) is 0. The molecule has 0 aliphatic heterocycles. The van der Waals surface area contributed by atoms with E-state index in [4.69, 9.17) is 11.2 Å². The van der Waals surface area contributed by atoms with Gasteiger partial charge in [0.15, 0.2) is 0 Å². The third-order valence-corrected chi connectivity index (χ3v) is 1.61. The zero-order valence-electron chi connectivity index (χ0n) is 7.21. The Bertz CT molecular complexity index is 283. The van der Waals surface area contributed by atoms with Crippen LogP contribution in [-0.2, 0) is 17.8 Å². The lowest BCUT2D eigenvalue weighted by molar-refractivity contribution is 0.185. The van der Waals surface area contributed by atoms with Crippen LogP contribution in [0.25, 0.3) is 0 Å². The van der Waals surface area contributed by atoms with E-state index in [-0.39, 0.29) is 0 Å². The van der Waals surface area contributed by atoms with Gasteiger partial charge in [0.05, 0.1) is 6.61 Å². The standard InChI is InChI=1S/C11H12O/c1-3-5-10-6-4-7-11(8-10)9-12-2/h1,4,6-8H,5,9H2,2H3. The van der Waals surface area contributed by atoms with Gasteiger partial charge in [0.2, 0.25) is 0 Å². The molecule has 1 aromatic rings. The molecule has 0 fully saturated rings. The van der Waals surface area contributed by atoms with Crippen LogP contribution in [0.2, 0.25) is 0 Å². The first-order valence-corrected chi connectivity index (χ1v) is 3.87. The van der Waals surface area contributed by atoms with Crippen LogP contribution in [-0.4, -0.2) is 7.11 Å². The predicted molar refractivity (Wildman–Crippen MR) is 49.7 cm³/mol. The van der Waals surface area contributed by atoms with Crippen molar-refractivity contribution in [2.75, 3.05) is 7.11 Å². The Hall–Kier alpha value is -1.26. The van der Waals surface area contributed by atoms with Gasteiger partial charge in [0.1, 0.15) is 0 Å². The van der Waals surface area contributed by atoms with Crippen molar-refractivity contribution in [1.29, 1.82) is 0 Å². The van der Waals surface area contributed by atoms with Crippen LogP contribution in [0.1, 0.15) is 11.1 Å². The van der Waals surface area contributed by atoms with Crippen molar-refractivity contribution in [1.82, 2.24) is 0 Å². The molecule has 1 heteroatoms. The van der Waals surface area contributed by atoms with Gasteiger partial charge in [-0.1, -0.05) is 24.3 Å². The van der Waals surface area contributed by atoms with Crippen LogP contribution in [0.5, 0.6) is 0 Å². The summed E-state index contributed by atoms with van der Waals surface area (Å²) in [5.74, 6) is 2.61. The second-order valence-corrected chi connectivity index (χ2v) is 2.63. The lowest BCUT2D eigenvalue weighted by atomic mass is 10.1. The predicted octanol–water partition coefficient (Wildman–Crippen LogP) is 2.01. The fourth-order valence-electron chi connectivity index (χ4n) is 1.11. The van der Waals surface area contributed by atoms with Crippen LogP contribution in [0, 0.1) is 12.3 Å². The van der Waals surface area contributed by atoms with Gasteiger partial charge in [-0.05, 0) is 11.1 Å². The Morgan fingerprint density at radius 2 is 2.17 bits per heavy atom. The largest absolute Gasteiger partial charge is 0.380 e. The number of methoxy groups -OCH3 is 1. The van der Waals surface area contributed by atoms with Crippen molar-refractivity contribution < 1.29 is 4.74 Å². The van der Waals surface area contributed by atoms with E-state index in [2.05, 4.69) is 12.0 Å². The fraction of sp³-hybridized carbons (Fsp3) is 0.273. The molecule has 0 aromatic heterocycles. The lowest BCUT2D eigenvalue weighted by Crippen LogP contribution is -1.89. The summed E-state index contributed by atoms with van der Waals surface area (Å²) in [6.45, 7) is 0.651. The molecule has 0 saturated heterocycles. The molecule has 1 rings (SSSR count). The highest BCUT2D eigenvalue weighted by molar-refractivity contribution is 5.25. The SMILES string of the molecule is C#CCc1cccc(COC)c1. The molecule has 62 valence electrons. The second-order valence-electron chi connectivity index (χ2n) is 2.63. The molecule has 12 heavy (non-hydrogen) atoms. The molecule has 0 atom stereocenters. The summed E-state index contributed by atoms with van der Waals surface area (Å²) in [6, 6.07) is 8.13. The van der Waals surface area contributed by atoms with Crippen LogP contribution in [0.3, 0.4) is 0 Å². The first-order chi connectivity index (χ1) is 5.86. The average Bonchev–Trinajstić information content (AvgIpc) is 2.06. The topological polar surface area (TPSA) is 9.23 Å². The molecule has 0 aliphatic rings. The number of benzene rings is 1. The Morgan fingerprint density at radius 3 is 2.83 bits per heavy atom. The minimum atomic E-state index is 0.651. The molecular weight excluding hydrogens is 148 g/mol. The van der Waals surface area contributed by atoms with Crippen molar-refractivity contribution in [2.45, 2.75) is 13.0 Å². The minimum Gasteiger partial charge on any atom is -0.380 e. The maximum Gasteiger partial charge on any atom is 0.0713 e. The quantitative estimate of drug-likeness (QED) is 0.614. The Labute approximate surface area is 73.4 Å². The molecule has 0 unspecified atom stereocenters. The van der Waals surface area contributed by atoms with Crippen LogP contribution < -0.4 is 0 Å². The molecule has 0 N–H and O–H groups in total. The molecule has 0 aliphatic carbocycles. The normalized spacial score (nSPS) is 9.33. The van der Waals surface area contributed by atoms with E-state index in [1.54, 1.807) is 7.11 Å². The molecule has 0 bridgehead atoms. The maximum atomic E-state index is 5.20. The van der Waals surface area contributed by atoms with Gasteiger partial charge in [-0.3, -0.25) is 0 Å². The van der Waals surface area contributed by atoms with Gasteiger partial charge in [-0.25, -0.2) is 0 Å². The number of terminal acetylenes is 1. The molecule has 1 nitrogen and oxygen atoms in total. The van der Waals surface area contributed by atoms with Crippen molar-refractivity contribution in [3.05, 3.63) is 35.4 Å². The summed E-state index contributed by atoms with van der Waals surface area (Å²) in [5.41, 5.74) is 2.34. The summed E-state index contributed by atoms with van der Waals surface area (Å²) in [4.78, 5) is 0. The van der Waals surface area contributed by atoms with Crippen LogP contribution in [0.4, 0.5) is 0 Å². The Balaban J connectivity index is 2.75. The smallest absolute Gasteiger partial charge is 0.0713 e. The Morgan fingerprint density at radius 1 is 1.42 bits per heavy atom. The minimum absolute atomic E-state index is 0.651. The van der Waals surface area contributed by atoms with E-state index in [0.29, 0.717) is 13.0 Å². The van der Waals surface area contributed by atoms with Gasteiger partial charge in [-0.2, -0.15) is 0 Å². The van der Waals surface area contributed by atoms with Crippen molar-refractivity contribution in [3.63, 3.8) is 0 Å². The maximum absolute atomic E-state index is 5.20. The summed E-state index contributed by atoms with van der Waals surface area (Å²) in [5, 5.41) is 0. The summed E-state index contributed by atoms with van der Waals surface area (Å²) >= 11 is 0. The van der Waals surface area contributed by atoms with E-state index in [0.717, 1.165) is 0 Å². The van der Waals surface area contributed by atoms with E-state index in [1.807, 2.05) is 18.2 Å². The molecule has 1 aromatic carbocycles. The van der Waals surface area contributed by atoms with Crippen molar-refractivity contribution >= 4 is 0 Å². The monoisotopic (exact) mass is 160 g/mol. The van der Waals surface area contributed by atoms with Crippen molar-refractivity contribution in [3.8, 4) is 12.3 Å². The summed E-state index contributed by atoms with van der Waals surface area (Å²) < 4.78 is 5.01. The highest BCUT2D eigenvalue weighted by atomic mass is 16.5. The first-order valence-electron chi connectivity index (χ1n) is 3.87. The Kier molecular flexibility index (Phi) is 3.37.